The number of nitrogens with zero attached hydrogens (tertiary/aromatic N) is 2. The number of rotatable bonds is 5. The van der Waals surface area contributed by atoms with Gasteiger partial charge in [0.1, 0.15) is 5.82 Å². The summed E-state index contributed by atoms with van der Waals surface area (Å²) in [6.07, 6.45) is 3.51. The Bertz CT molecular complexity index is 470. The minimum absolute atomic E-state index is 0.0758. The van der Waals surface area contributed by atoms with E-state index in [4.69, 9.17) is 5.73 Å². The zero-order valence-electron chi connectivity index (χ0n) is 10.4. The molecule has 2 N–H and O–H groups in total. The second kappa shape index (κ2) is 6.52. The van der Waals surface area contributed by atoms with Crippen LogP contribution in [0.25, 0.3) is 0 Å². The topological polar surface area (TPSA) is 51.8 Å². The van der Waals surface area contributed by atoms with Crippen LogP contribution in [0.15, 0.2) is 47.6 Å². The lowest BCUT2D eigenvalue weighted by atomic mass is 9.98. The maximum atomic E-state index is 5.85. The Morgan fingerprint density at radius 2 is 1.83 bits per heavy atom. The first kappa shape index (κ1) is 13.1. The van der Waals surface area contributed by atoms with Gasteiger partial charge in [0.15, 0.2) is 0 Å². The molecule has 0 aliphatic rings. The van der Waals surface area contributed by atoms with Crippen molar-refractivity contribution in [1.29, 1.82) is 0 Å². The van der Waals surface area contributed by atoms with Crippen molar-refractivity contribution in [2.24, 2.45) is 5.73 Å². The maximum Gasteiger partial charge on any atom is 0.136 e. The van der Waals surface area contributed by atoms with Crippen molar-refractivity contribution in [3.63, 3.8) is 0 Å². The highest BCUT2D eigenvalue weighted by molar-refractivity contribution is 7.99. The van der Waals surface area contributed by atoms with Crippen LogP contribution in [-0.4, -0.2) is 22.3 Å². The third-order valence-electron chi connectivity index (χ3n) is 2.73. The van der Waals surface area contributed by atoms with Gasteiger partial charge in [0.2, 0.25) is 0 Å². The molecule has 18 heavy (non-hydrogen) atoms. The standard InChI is InChI=1S/C14H17N3S/c1-2-18-12-6-4-11(5-7-12)13(10-15)14-16-8-3-9-17-14/h3-9,13H,2,10,15H2,1H3. The molecule has 1 aromatic heterocycles. The van der Waals surface area contributed by atoms with Crippen LogP contribution < -0.4 is 5.73 Å². The lowest BCUT2D eigenvalue weighted by Crippen LogP contribution is -2.16. The number of nitrogens with two attached hydrogens (primary N) is 1. The molecule has 2 aromatic rings. The van der Waals surface area contributed by atoms with Gasteiger partial charge in [-0.05, 0) is 29.5 Å². The molecule has 0 aliphatic heterocycles. The van der Waals surface area contributed by atoms with Crippen molar-refractivity contribution in [3.05, 3.63) is 54.1 Å². The molecule has 1 unspecified atom stereocenters. The molecule has 2 rings (SSSR count). The molecule has 1 aromatic carbocycles. The summed E-state index contributed by atoms with van der Waals surface area (Å²) in [5.74, 6) is 1.95. The molecule has 4 heteroatoms. The van der Waals surface area contributed by atoms with E-state index < -0.39 is 0 Å². The first-order chi connectivity index (χ1) is 8.85. The first-order valence-electron chi connectivity index (χ1n) is 6.05. The summed E-state index contributed by atoms with van der Waals surface area (Å²) < 4.78 is 0. The van der Waals surface area contributed by atoms with Crippen molar-refractivity contribution in [2.75, 3.05) is 12.3 Å². The molecule has 0 spiro atoms. The van der Waals surface area contributed by atoms with Crippen molar-refractivity contribution in [3.8, 4) is 0 Å². The SMILES string of the molecule is CCSc1ccc(C(CN)c2ncccn2)cc1. The van der Waals surface area contributed by atoms with Crippen molar-refractivity contribution in [2.45, 2.75) is 17.7 Å². The van der Waals surface area contributed by atoms with E-state index in [1.54, 1.807) is 12.4 Å². The summed E-state index contributed by atoms with van der Waals surface area (Å²) in [6, 6.07) is 10.3. The Kier molecular flexibility index (Phi) is 4.73. The highest BCUT2D eigenvalue weighted by Gasteiger charge is 2.14. The zero-order chi connectivity index (χ0) is 12.8. The van der Waals surface area contributed by atoms with Gasteiger partial charge in [-0.25, -0.2) is 9.97 Å². The van der Waals surface area contributed by atoms with Crippen LogP contribution in [0.1, 0.15) is 24.2 Å². The molecular weight excluding hydrogens is 242 g/mol. The maximum absolute atomic E-state index is 5.85. The van der Waals surface area contributed by atoms with Crippen LogP contribution >= 0.6 is 11.8 Å². The summed E-state index contributed by atoms with van der Waals surface area (Å²) in [6.45, 7) is 2.67. The van der Waals surface area contributed by atoms with Gasteiger partial charge in [-0.1, -0.05) is 19.1 Å². The van der Waals surface area contributed by atoms with Gasteiger partial charge in [0.25, 0.3) is 0 Å². The average molecular weight is 259 g/mol. The lowest BCUT2D eigenvalue weighted by Gasteiger charge is -2.13. The predicted octanol–water partition coefficient (Wildman–Crippen LogP) is 2.68. The molecule has 1 atom stereocenters. The number of thioether (sulfide) groups is 1. The van der Waals surface area contributed by atoms with Crippen LogP contribution in [0.2, 0.25) is 0 Å². The van der Waals surface area contributed by atoms with Crippen LogP contribution in [-0.2, 0) is 0 Å². The van der Waals surface area contributed by atoms with Crippen LogP contribution in [0.4, 0.5) is 0 Å². The fourth-order valence-electron chi connectivity index (χ4n) is 1.84. The minimum Gasteiger partial charge on any atom is -0.329 e. The number of hydrogen-bond donors (Lipinski definition) is 1. The molecule has 94 valence electrons. The third-order valence-corrected chi connectivity index (χ3v) is 3.62. The number of aromatic nitrogens is 2. The van der Waals surface area contributed by atoms with E-state index in [-0.39, 0.29) is 5.92 Å². The van der Waals surface area contributed by atoms with Crippen molar-refractivity contribution >= 4 is 11.8 Å². The summed E-state index contributed by atoms with van der Waals surface area (Å²) >= 11 is 1.84. The van der Waals surface area contributed by atoms with Crippen molar-refractivity contribution < 1.29 is 0 Å². The molecule has 1 heterocycles. The molecule has 0 radical (unpaired) electrons. The molecule has 0 saturated carbocycles. The monoisotopic (exact) mass is 259 g/mol. The lowest BCUT2D eigenvalue weighted by molar-refractivity contribution is 0.749. The quantitative estimate of drug-likeness (QED) is 0.839. The molecule has 0 fully saturated rings. The first-order valence-corrected chi connectivity index (χ1v) is 7.03. The number of benzene rings is 1. The van der Waals surface area contributed by atoms with Gasteiger partial charge in [0, 0.05) is 23.8 Å². The van der Waals surface area contributed by atoms with Crippen LogP contribution in [0.3, 0.4) is 0 Å². The van der Waals surface area contributed by atoms with E-state index in [2.05, 4.69) is 41.2 Å². The van der Waals surface area contributed by atoms with Gasteiger partial charge in [-0.15, -0.1) is 11.8 Å². The Hall–Kier alpha value is -1.39. The van der Waals surface area contributed by atoms with E-state index in [1.807, 2.05) is 17.8 Å². The molecular formula is C14H17N3S. The van der Waals surface area contributed by atoms with Gasteiger partial charge < -0.3 is 5.73 Å². The van der Waals surface area contributed by atoms with E-state index in [0.717, 1.165) is 11.6 Å². The molecule has 3 nitrogen and oxygen atoms in total. The third kappa shape index (κ3) is 3.09. The van der Waals surface area contributed by atoms with Gasteiger partial charge in [-0.2, -0.15) is 0 Å². The highest BCUT2D eigenvalue weighted by atomic mass is 32.2. The molecule has 0 aliphatic carbocycles. The number of hydrogen-bond acceptors (Lipinski definition) is 4. The molecule has 0 saturated heterocycles. The van der Waals surface area contributed by atoms with Gasteiger partial charge >= 0.3 is 0 Å². The Morgan fingerprint density at radius 3 is 2.39 bits per heavy atom. The smallest absolute Gasteiger partial charge is 0.136 e. The fourth-order valence-corrected chi connectivity index (χ4v) is 2.51. The Morgan fingerprint density at radius 1 is 1.17 bits per heavy atom. The minimum atomic E-state index is 0.0758. The van der Waals surface area contributed by atoms with E-state index in [0.29, 0.717) is 6.54 Å². The summed E-state index contributed by atoms with van der Waals surface area (Å²) in [5.41, 5.74) is 7.02. The summed E-state index contributed by atoms with van der Waals surface area (Å²) in [4.78, 5) is 9.86. The summed E-state index contributed by atoms with van der Waals surface area (Å²) in [7, 11) is 0. The van der Waals surface area contributed by atoms with E-state index >= 15 is 0 Å². The van der Waals surface area contributed by atoms with Gasteiger partial charge in [0.05, 0.1) is 5.92 Å². The second-order valence-electron chi connectivity index (χ2n) is 3.90. The fraction of sp³-hybridized carbons (Fsp3) is 0.286. The predicted molar refractivity (Wildman–Crippen MR) is 75.8 cm³/mol. The Balaban J connectivity index is 2.23. The largest absolute Gasteiger partial charge is 0.329 e. The second-order valence-corrected chi connectivity index (χ2v) is 5.23. The van der Waals surface area contributed by atoms with Crippen LogP contribution in [0.5, 0.6) is 0 Å². The molecule has 0 bridgehead atoms. The normalized spacial score (nSPS) is 12.3. The zero-order valence-corrected chi connectivity index (χ0v) is 11.2. The Labute approximate surface area is 112 Å². The van der Waals surface area contributed by atoms with Gasteiger partial charge in [-0.3, -0.25) is 0 Å². The van der Waals surface area contributed by atoms with Crippen molar-refractivity contribution in [1.82, 2.24) is 9.97 Å². The molecule has 0 amide bonds. The van der Waals surface area contributed by atoms with E-state index in [9.17, 15) is 0 Å². The van der Waals surface area contributed by atoms with E-state index in [1.165, 1.54) is 10.5 Å². The average Bonchev–Trinajstić information content (AvgIpc) is 2.43. The highest BCUT2D eigenvalue weighted by Crippen LogP contribution is 2.24. The summed E-state index contributed by atoms with van der Waals surface area (Å²) in [5, 5.41) is 0. The van der Waals surface area contributed by atoms with Crippen LogP contribution in [0, 0.1) is 0 Å².